The van der Waals surface area contributed by atoms with Gasteiger partial charge in [-0.2, -0.15) is 5.10 Å². The molecule has 28 heavy (non-hydrogen) atoms. The first-order valence-electron chi connectivity index (χ1n) is 9.17. The molecule has 0 atom stereocenters. The maximum absolute atomic E-state index is 11.7. The van der Waals surface area contributed by atoms with Gasteiger partial charge in [0.05, 0.1) is 18.1 Å². The van der Waals surface area contributed by atoms with Gasteiger partial charge >= 0.3 is 6.03 Å². The molecule has 3 aromatic rings. The van der Waals surface area contributed by atoms with Crippen molar-refractivity contribution >= 4 is 17.5 Å². The van der Waals surface area contributed by atoms with E-state index in [0.29, 0.717) is 18.2 Å². The highest BCUT2D eigenvalue weighted by atomic mass is 16.2. The monoisotopic (exact) mass is 379 g/mol. The molecule has 0 aliphatic carbocycles. The quantitative estimate of drug-likeness (QED) is 0.610. The van der Waals surface area contributed by atoms with Gasteiger partial charge in [-0.25, -0.2) is 14.5 Å². The highest BCUT2D eigenvalue weighted by Crippen LogP contribution is 2.13. The summed E-state index contributed by atoms with van der Waals surface area (Å²) < 4.78 is 1.77. The molecule has 8 nitrogen and oxygen atoms in total. The standard InChI is InChI=1S/C20H25N7O/c1-13(2)23-20(28)24-17-7-5-16(6-8-17)10-22-18-11-21-12-19(25-18)27-15(4)9-14(3)26-27/h5-9,11-13H,10H2,1-4H3,(H,22,25)(H2,23,24,28). The van der Waals surface area contributed by atoms with Gasteiger partial charge in [0.1, 0.15) is 5.82 Å². The summed E-state index contributed by atoms with van der Waals surface area (Å²) in [6, 6.07) is 9.53. The van der Waals surface area contributed by atoms with E-state index >= 15 is 0 Å². The lowest BCUT2D eigenvalue weighted by molar-refractivity contribution is 0.250. The first-order valence-corrected chi connectivity index (χ1v) is 9.17. The maximum atomic E-state index is 11.7. The number of hydrogen-bond acceptors (Lipinski definition) is 5. The van der Waals surface area contributed by atoms with Crippen LogP contribution >= 0.6 is 0 Å². The Labute approximate surface area is 164 Å². The lowest BCUT2D eigenvalue weighted by atomic mass is 10.2. The summed E-state index contributed by atoms with van der Waals surface area (Å²) in [5, 5.41) is 13.3. The number of anilines is 2. The molecule has 146 valence electrons. The normalized spacial score (nSPS) is 10.8. The predicted octanol–water partition coefficient (Wildman–Crippen LogP) is 3.42. The van der Waals surface area contributed by atoms with Gasteiger partial charge < -0.3 is 16.0 Å². The summed E-state index contributed by atoms with van der Waals surface area (Å²) in [5.41, 5.74) is 3.75. The van der Waals surface area contributed by atoms with E-state index in [0.717, 1.165) is 22.6 Å². The van der Waals surface area contributed by atoms with E-state index in [1.165, 1.54) is 0 Å². The summed E-state index contributed by atoms with van der Waals surface area (Å²) in [5.74, 6) is 1.34. The third-order valence-electron chi connectivity index (χ3n) is 3.95. The molecule has 3 N–H and O–H groups in total. The van der Waals surface area contributed by atoms with Gasteiger partial charge in [0.15, 0.2) is 5.82 Å². The minimum Gasteiger partial charge on any atom is -0.365 e. The molecular weight excluding hydrogens is 354 g/mol. The molecule has 0 aliphatic rings. The van der Waals surface area contributed by atoms with Crippen LogP contribution in [-0.4, -0.2) is 31.8 Å². The third kappa shape index (κ3) is 5.06. The SMILES string of the molecule is Cc1cc(C)n(-c2cncc(NCc3ccc(NC(=O)NC(C)C)cc3)n2)n1. The molecule has 0 fully saturated rings. The third-order valence-corrected chi connectivity index (χ3v) is 3.95. The van der Waals surface area contributed by atoms with Crippen LogP contribution in [0.3, 0.4) is 0 Å². The lowest BCUT2D eigenvalue weighted by Crippen LogP contribution is -2.34. The summed E-state index contributed by atoms with van der Waals surface area (Å²) in [6.07, 6.45) is 3.37. The summed E-state index contributed by atoms with van der Waals surface area (Å²) in [6.45, 7) is 8.36. The van der Waals surface area contributed by atoms with Gasteiger partial charge in [0, 0.05) is 24.0 Å². The molecule has 3 rings (SSSR count). The van der Waals surface area contributed by atoms with Crippen molar-refractivity contribution in [3.8, 4) is 5.82 Å². The summed E-state index contributed by atoms with van der Waals surface area (Å²) >= 11 is 0. The van der Waals surface area contributed by atoms with Crippen LogP contribution in [0.5, 0.6) is 0 Å². The Bertz CT molecular complexity index is 947. The zero-order chi connectivity index (χ0) is 20.1. The number of nitrogens with zero attached hydrogens (tertiary/aromatic N) is 4. The molecule has 8 heteroatoms. The van der Waals surface area contributed by atoms with Crippen molar-refractivity contribution in [3.63, 3.8) is 0 Å². The topological polar surface area (TPSA) is 96.8 Å². The van der Waals surface area contributed by atoms with Crippen LogP contribution in [0.2, 0.25) is 0 Å². The Balaban J connectivity index is 1.61. The largest absolute Gasteiger partial charge is 0.365 e. The van der Waals surface area contributed by atoms with E-state index < -0.39 is 0 Å². The van der Waals surface area contributed by atoms with Gasteiger partial charge in [-0.05, 0) is 51.5 Å². The minimum atomic E-state index is -0.211. The molecule has 2 heterocycles. The second-order valence-electron chi connectivity index (χ2n) is 6.91. The zero-order valence-electron chi connectivity index (χ0n) is 16.5. The molecule has 0 saturated carbocycles. The number of aryl methyl sites for hydroxylation is 2. The highest BCUT2D eigenvalue weighted by molar-refractivity contribution is 5.89. The number of hydrogen-bond donors (Lipinski definition) is 3. The Morgan fingerprint density at radius 1 is 1.14 bits per heavy atom. The predicted molar refractivity (Wildman–Crippen MR) is 110 cm³/mol. The maximum Gasteiger partial charge on any atom is 0.319 e. The second-order valence-corrected chi connectivity index (χ2v) is 6.91. The van der Waals surface area contributed by atoms with Crippen LogP contribution in [0.1, 0.15) is 30.8 Å². The number of rotatable bonds is 6. The number of urea groups is 1. The van der Waals surface area contributed by atoms with E-state index in [9.17, 15) is 4.79 Å². The molecule has 0 spiro atoms. The number of carbonyl (C=O) groups is 1. The molecule has 2 aromatic heterocycles. The first kappa shape index (κ1) is 19.3. The molecular formula is C20H25N7O. The smallest absolute Gasteiger partial charge is 0.319 e. The van der Waals surface area contributed by atoms with Gasteiger partial charge in [0.2, 0.25) is 0 Å². The van der Waals surface area contributed by atoms with Crippen LogP contribution in [-0.2, 0) is 6.54 Å². The fraction of sp³-hybridized carbons (Fsp3) is 0.300. The van der Waals surface area contributed by atoms with Crippen molar-refractivity contribution in [1.82, 2.24) is 25.1 Å². The average molecular weight is 379 g/mol. The van der Waals surface area contributed by atoms with Crippen LogP contribution in [0.15, 0.2) is 42.7 Å². The number of amides is 2. The first-order chi connectivity index (χ1) is 13.4. The number of nitrogens with one attached hydrogen (secondary N) is 3. The number of benzene rings is 1. The van der Waals surface area contributed by atoms with Crippen molar-refractivity contribution in [3.05, 3.63) is 59.7 Å². The molecule has 0 bridgehead atoms. The van der Waals surface area contributed by atoms with E-state index in [-0.39, 0.29) is 12.1 Å². The van der Waals surface area contributed by atoms with Crippen molar-refractivity contribution in [2.75, 3.05) is 10.6 Å². The van der Waals surface area contributed by atoms with Crippen molar-refractivity contribution < 1.29 is 4.79 Å². The van der Waals surface area contributed by atoms with Gasteiger partial charge in [-0.15, -0.1) is 0 Å². The lowest BCUT2D eigenvalue weighted by Gasteiger charge is -2.11. The van der Waals surface area contributed by atoms with E-state index in [2.05, 4.69) is 31.0 Å². The van der Waals surface area contributed by atoms with Crippen LogP contribution in [0.4, 0.5) is 16.3 Å². The van der Waals surface area contributed by atoms with Crippen LogP contribution in [0.25, 0.3) is 5.82 Å². The Kier molecular flexibility index (Phi) is 5.88. The van der Waals surface area contributed by atoms with Crippen molar-refractivity contribution in [1.29, 1.82) is 0 Å². The minimum absolute atomic E-state index is 0.0924. The van der Waals surface area contributed by atoms with E-state index in [4.69, 9.17) is 0 Å². The second kappa shape index (κ2) is 8.51. The summed E-state index contributed by atoms with van der Waals surface area (Å²) in [7, 11) is 0. The van der Waals surface area contributed by atoms with Crippen LogP contribution < -0.4 is 16.0 Å². The van der Waals surface area contributed by atoms with Crippen LogP contribution in [0, 0.1) is 13.8 Å². The zero-order valence-corrected chi connectivity index (χ0v) is 16.5. The van der Waals surface area contributed by atoms with Gasteiger partial charge in [0.25, 0.3) is 0 Å². The summed E-state index contributed by atoms with van der Waals surface area (Å²) in [4.78, 5) is 20.6. The Morgan fingerprint density at radius 2 is 1.89 bits per heavy atom. The molecule has 0 radical (unpaired) electrons. The number of aromatic nitrogens is 4. The Morgan fingerprint density at radius 3 is 2.54 bits per heavy atom. The van der Waals surface area contributed by atoms with Crippen molar-refractivity contribution in [2.45, 2.75) is 40.3 Å². The van der Waals surface area contributed by atoms with E-state index in [1.807, 2.05) is 58.0 Å². The fourth-order valence-electron chi connectivity index (χ4n) is 2.73. The molecule has 0 unspecified atom stereocenters. The van der Waals surface area contributed by atoms with Gasteiger partial charge in [-0.3, -0.25) is 4.98 Å². The number of carbonyl (C=O) groups excluding carboxylic acids is 1. The average Bonchev–Trinajstić information content (AvgIpc) is 2.99. The highest BCUT2D eigenvalue weighted by Gasteiger charge is 2.07. The molecule has 0 saturated heterocycles. The van der Waals surface area contributed by atoms with Crippen molar-refractivity contribution in [2.24, 2.45) is 0 Å². The molecule has 1 aromatic carbocycles. The fourth-order valence-corrected chi connectivity index (χ4v) is 2.73. The molecule has 0 aliphatic heterocycles. The van der Waals surface area contributed by atoms with Gasteiger partial charge in [-0.1, -0.05) is 12.1 Å². The Hall–Kier alpha value is -3.42. The molecule has 2 amide bonds. The van der Waals surface area contributed by atoms with E-state index in [1.54, 1.807) is 17.1 Å².